The topological polar surface area (TPSA) is 387 Å². The van der Waals surface area contributed by atoms with Crippen molar-refractivity contribution in [2.24, 2.45) is 5.92 Å². The number of ketones is 4. The van der Waals surface area contributed by atoms with Crippen LogP contribution in [0.15, 0.2) is 97.1 Å². The lowest BCUT2D eigenvalue weighted by Gasteiger charge is -2.35. The summed E-state index contributed by atoms with van der Waals surface area (Å²) in [6.45, 7) is 26.4. The first kappa shape index (κ1) is 93.1. The van der Waals surface area contributed by atoms with Crippen molar-refractivity contribution in [1.82, 2.24) is 59.5 Å². The number of likely N-dealkylation sites (tertiary alicyclic amines) is 4. The zero-order chi connectivity index (χ0) is 89.4. The highest BCUT2D eigenvalue weighted by atomic mass is 16.5. The summed E-state index contributed by atoms with van der Waals surface area (Å²) in [6.07, 6.45) is 20.9. The Morgan fingerprint density at radius 3 is 1.43 bits per heavy atom. The molecule has 0 radical (unpaired) electrons. The molecule has 0 saturated carbocycles. The second-order valence-corrected chi connectivity index (χ2v) is 36.0. The van der Waals surface area contributed by atoms with Crippen molar-refractivity contribution in [1.29, 1.82) is 0 Å². The average molecular weight is 1750 g/mol. The number of nitrogens with two attached hydrogens (primary N) is 4. The standard InChI is InChI=1S/C25H33N5O4.C25H35N5O.C24H32N6O2.C24H33N5O2/c1-2-3-11-34-25-27-22(26)21-13-20(31)16-30(23(21)28-25)15-18-6-4-5-17(12-18)14-29-9-7-19(8-10-29)24(32)33;1-2-3-11-27-25-28-23-20(9-10-21(31)16-22(23)24(26)29-25)15-18-7-6-8-19(14-18)17-30-12-4-5-13-30;25-22-21-12-19(31)16-30(23(21)28-24(27-22)26-13-20-7-4-10-32-20)15-18-6-3-5-17(11-18)14-29-8-1-2-9-29;1-3-4-13-31-24-26-22(25)21-14-20(30)16-29(23(21)27-24)17(2)19-9-7-18(8-10-19)15-28-11-5-6-12-28/h4-6,12,19H,2-3,7-11,13-16H2,1H3,(H,32,33)(H2,26,27,28);6-8,14,20H,2-5,9-13,15-17H2,1H3,(H3,26,27,28,29);3,5-6,11,20H,1-2,4,7-10,12-16H2,(H3,25,26,27,28);7-10,17H,3-6,11-16H2,1-2H3,(H2,25,26,27). The maximum absolute atomic E-state index is 12.5. The molecular formula is C98H133N21O9. The van der Waals surface area contributed by atoms with Crippen LogP contribution in [0.25, 0.3) is 0 Å². The number of carbonyl (C=O) groups excluding carboxylic acids is 4. The van der Waals surface area contributed by atoms with Gasteiger partial charge in [0.05, 0.1) is 56.6 Å². The summed E-state index contributed by atoms with van der Waals surface area (Å²) >= 11 is 0. The van der Waals surface area contributed by atoms with Gasteiger partial charge in [0, 0.05) is 119 Å². The zero-order valence-corrected chi connectivity index (χ0v) is 75.6. The van der Waals surface area contributed by atoms with Crippen molar-refractivity contribution >= 4 is 81.7 Å². The van der Waals surface area contributed by atoms with Gasteiger partial charge in [-0.2, -0.15) is 34.9 Å². The van der Waals surface area contributed by atoms with Gasteiger partial charge >= 0.3 is 18.0 Å². The molecule has 1 aliphatic carbocycles. The van der Waals surface area contributed by atoms with Crippen molar-refractivity contribution in [3.63, 3.8) is 0 Å². The van der Waals surface area contributed by atoms with Crippen molar-refractivity contribution in [3.8, 4) is 12.0 Å². The summed E-state index contributed by atoms with van der Waals surface area (Å²) in [6, 6.07) is 35.1. The van der Waals surface area contributed by atoms with E-state index in [1.165, 1.54) is 111 Å². The zero-order valence-electron chi connectivity index (χ0n) is 75.6. The molecule has 4 aromatic heterocycles. The Morgan fingerprint density at radius 1 is 0.469 bits per heavy atom. The molecule has 0 spiro atoms. The molecular weight excluding hydrogens is 1620 g/mol. The number of rotatable bonds is 32. The predicted octanol–water partition coefficient (Wildman–Crippen LogP) is 12.7. The molecule has 8 aromatic rings. The fourth-order valence-electron chi connectivity index (χ4n) is 18.7. The van der Waals surface area contributed by atoms with Crippen molar-refractivity contribution < 1.29 is 43.3 Å². The highest BCUT2D eigenvalue weighted by molar-refractivity contribution is 5.93. The van der Waals surface area contributed by atoms with Gasteiger partial charge in [-0.05, 0) is 200 Å². The maximum Gasteiger partial charge on any atom is 0.320 e. The monoisotopic (exact) mass is 1750 g/mol. The second kappa shape index (κ2) is 45.8. The van der Waals surface area contributed by atoms with Crippen LogP contribution in [0, 0.1) is 5.92 Å². The number of aliphatic carboxylic acids is 1. The Kier molecular flexibility index (Phi) is 33.3. The number of aromatic nitrogens is 8. The Balaban J connectivity index is 0.000000138. The van der Waals surface area contributed by atoms with E-state index in [9.17, 15) is 29.1 Å². The van der Waals surface area contributed by atoms with Gasteiger partial charge in [0.2, 0.25) is 11.9 Å². The van der Waals surface area contributed by atoms with Crippen LogP contribution in [0.1, 0.15) is 228 Å². The van der Waals surface area contributed by atoms with Gasteiger partial charge in [0.25, 0.3) is 0 Å². The lowest BCUT2D eigenvalue weighted by atomic mass is 9.90. The smallest absolute Gasteiger partial charge is 0.320 e. The number of anilines is 9. The summed E-state index contributed by atoms with van der Waals surface area (Å²) in [7, 11) is 0. The van der Waals surface area contributed by atoms with Gasteiger partial charge in [-0.3, -0.25) is 43.6 Å². The SMILES string of the molecule is CCCCNc1nc(N)c2c(n1)C(Cc1cccc(CN3CCCC3)c1)CCC(=O)C2.CCCCOc1nc(N)c2c(n1)N(C(C)c1ccc(CN3CCCC3)cc1)CC(=O)C2.CCCCOc1nc(N)c2c(n1)N(Cc1cccc(CN3CCC(C(=O)O)CC3)c1)CC(=O)C2.Nc1nc(NCC2CCCO2)nc2c1CC(=O)CN2Cc1cccc(CN2CCCC2)c1. The normalized spacial score (nSPS) is 18.7. The minimum atomic E-state index is -0.693. The first-order valence-corrected chi connectivity index (χ1v) is 47.0. The minimum absolute atomic E-state index is 0.0124. The van der Waals surface area contributed by atoms with Crippen molar-refractivity contribution in [2.75, 3.05) is 153 Å². The van der Waals surface area contributed by atoms with E-state index in [0.717, 1.165) is 150 Å². The lowest BCUT2D eigenvalue weighted by molar-refractivity contribution is -0.143. The molecule has 30 nitrogen and oxygen atoms in total. The number of carboxylic acids is 1. The first-order chi connectivity index (χ1) is 62.2. The fourth-order valence-corrected chi connectivity index (χ4v) is 18.7. The molecule has 3 unspecified atom stereocenters. The van der Waals surface area contributed by atoms with E-state index in [1.54, 1.807) is 0 Å². The van der Waals surface area contributed by atoms with Crippen LogP contribution in [0.5, 0.6) is 12.0 Å². The van der Waals surface area contributed by atoms with Crippen molar-refractivity contribution in [2.45, 2.75) is 233 Å². The molecule has 5 fully saturated rings. The van der Waals surface area contributed by atoms with E-state index in [2.05, 4.69) is 173 Å². The van der Waals surface area contributed by atoms with Gasteiger partial charge in [-0.15, -0.1) is 0 Å². The van der Waals surface area contributed by atoms with Crippen LogP contribution in [0.4, 0.5) is 52.6 Å². The summed E-state index contributed by atoms with van der Waals surface area (Å²) < 4.78 is 17.1. The number of nitrogen functional groups attached to an aromatic ring is 4. The van der Waals surface area contributed by atoms with E-state index >= 15 is 0 Å². The Labute approximate surface area is 753 Å². The minimum Gasteiger partial charge on any atom is -0.481 e. The summed E-state index contributed by atoms with van der Waals surface area (Å²) in [5, 5.41) is 15.8. The van der Waals surface area contributed by atoms with E-state index < -0.39 is 5.97 Å². The Morgan fingerprint density at radius 2 is 0.914 bits per heavy atom. The second-order valence-electron chi connectivity index (χ2n) is 36.0. The fraction of sp³-hybridized carbons (Fsp3) is 0.541. The van der Waals surface area contributed by atoms with Gasteiger partial charge in [-0.25, -0.2) is 4.98 Å². The molecule has 12 heterocycles. The highest BCUT2D eigenvalue weighted by Crippen LogP contribution is 2.39. The van der Waals surface area contributed by atoms with E-state index in [0.29, 0.717) is 136 Å². The first-order valence-electron chi connectivity index (χ1n) is 47.0. The number of hydrogen-bond donors (Lipinski definition) is 7. The van der Waals surface area contributed by atoms with Crippen LogP contribution < -0.4 is 57.7 Å². The number of nitrogens with one attached hydrogen (secondary N) is 2. The Hall–Kier alpha value is -11.1. The number of benzene rings is 4. The quantitative estimate of drug-likeness (QED) is 0.0152. The molecule has 3 atom stereocenters. The predicted molar refractivity (Wildman–Crippen MR) is 501 cm³/mol. The number of nitrogens with zero attached hydrogens (tertiary/aromatic N) is 15. The third-order valence-electron chi connectivity index (χ3n) is 25.8. The number of unbranched alkanes of at least 4 members (excludes halogenated alkanes) is 3. The molecule has 9 aliphatic rings. The molecule has 8 aliphatic heterocycles. The molecule has 684 valence electrons. The molecule has 17 rings (SSSR count). The van der Waals surface area contributed by atoms with E-state index in [4.69, 9.17) is 47.1 Å². The molecule has 11 N–H and O–H groups in total. The highest BCUT2D eigenvalue weighted by Gasteiger charge is 2.35. The van der Waals surface area contributed by atoms with Gasteiger partial charge in [-0.1, -0.05) is 137 Å². The van der Waals surface area contributed by atoms with Gasteiger partial charge in [0.1, 0.15) is 46.5 Å². The van der Waals surface area contributed by atoms with Crippen molar-refractivity contribution in [3.05, 3.63) is 170 Å². The number of carboxylic acid groups (broad SMARTS) is 1. The third kappa shape index (κ3) is 25.9. The third-order valence-corrected chi connectivity index (χ3v) is 25.8. The number of ether oxygens (including phenoxy) is 3. The van der Waals surface area contributed by atoms with Crippen LogP contribution in [0.2, 0.25) is 0 Å². The molecule has 0 bridgehead atoms. The molecule has 128 heavy (non-hydrogen) atoms. The summed E-state index contributed by atoms with van der Waals surface area (Å²) in [5.41, 5.74) is 38.7. The van der Waals surface area contributed by atoms with Crippen LogP contribution in [0.3, 0.4) is 0 Å². The van der Waals surface area contributed by atoms with Crippen LogP contribution >= 0.6 is 0 Å². The lowest BCUT2D eigenvalue weighted by Crippen LogP contribution is -2.39. The number of piperidine rings is 1. The number of fused-ring (bicyclic) bond motifs is 4. The van der Waals surface area contributed by atoms with E-state index in [1.807, 2.05) is 26.8 Å². The number of hydrogen-bond acceptors (Lipinski definition) is 29. The number of carbonyl (C=O) groups is 5. The summed E-state index contributed by atoms with van der Waals surface area (Å²) in [5.74, 6) is 4.53. The van der Waals surface area contributed by atoms with Crippen LogP contribution in [-0.2, 0) is 100 Å². The van der Waals surface area contributed by atoms with Gasteiger partial charge < -0.3 is 67.6 Å². The van der Waals surface area contributed by atoms with Crippen LogP contribution in [-0.4, -0.2) is 205 Å². The molecule has 30 heteroatoms. The Bertz CT molecular complexity index is 5070. The van der Waals surface area contributed by atoms with E-state index in [-0.39, 0.29) is 78.5 Å². The van der Waals surface area contributed by atoms with Gasteiger partial charge in [0.15, 0.2) is 17.3 Å². The maximum atomic E-state index is 12.5. The summed E-state index contributed by atoms with van der Waals surface area (Å²) in [4.78, 5) is 113. The molecule has 5 saturated heterocycles. The number of Topliss-reactive ketones (excluding diaryl/α,β-unsaturated/α-hetero) is 4. The average Bonchev–Trinajstić information content (AvgIpc) is 0.846. The molecule has 4 aromatic carbocycles. The molecule has 0 amide bonds. The largest absolute Gasteiger partial charge is 0.481 e.